The fourth-order valence-electron chi connectivity index (χ4n) is 1.55. The van der Waals surface area contributed by atoms with Crippen LogP contribution in [0.15, 0.2) is 18.2 Å². The summed E-state index contributed by atoms with van der Waals surface area (Å²) in [6.45, 7) is 6.97. The van der Waals surface area contributed by atoms with Crippen molar-refractivity contribution >= 4 is 11.8 Å². The molecule has 0 saturated carbocycles. The van der Waals surface area contributed by atoms with E-state index >= 15 is 0 Å². The van der Waals surface area contributed by atoms with E-state index in [9.17, 15) is 15.0 Å². The molecule has 0 saturated heterocycles. The third-order valence-corrected chi connectivity index (χ3v) is 2.25. The molecule has 1 aromatic rings. The molecule has 5 nitrogen and oxygen atoms in total. The molecule has 0 radical (unpaired) electrons. The summed E-state index contributed by atoms with van der Waals surface area (Å²) in [5, 5.41) is 21.6. The van der Waals surface area contributed by atoms with E-state index in [1.807, 2.05) is 0 Å². The molecule has 0 aliphatic carbocycles. The van der Waals surface area contributed by atoms with Crippen LogP contribution in [0.5, 0.6) is 5.75 Å². The second kappa shape index (κ2) is 5.93. The lowest BCUT2D eigenvalue weighted by molar-refractivity contribution is 0.0636. The lowest BCUT2D eigenvalue weighted by atomic mass is 10.1. The molecule has 1 rings (SSSR count). The molecule has 0 spiro atoms. The van der Waals surface area contributed by atoms with Crippen molar-refractivity contribution in [2.75, 3.05) is 5.32 Å². The lowest BCUT2D eigenvalue weighted by Crippen LogP contribution is -2.27. The number of benzene rings is 1. The molecule has 106 valence electrons. The van der Waals surface area contributed by atoms with E-state index < -0.39 is 17.8 Å². The Balaban J connectivity index is 2.71. The Kier molecular flexibility index (Phi) is 4.78. The average Bonchev–Trinajstić information content (AvgIpc) is 2.18. The van der Waals surface area contributed by atoms with Crippen LogP contribution in [-0.2, 0) is 11.2 Å². The first-order chi connectivity index (χ1) is 8.67. The Morgan fingerprint density at radius 3 is 2.53 bits per heavy atom. The highest BCUT2D eigenvalue weighted by atomic mass is 16.6. The van der Waals surface area contributed by atoms with Gasteiger partial charge in [-0.3, -0.25) is 5.32 Å². The van der Waals surface area contributed by atoms with Gasteiger partial charge < -0.3 is 14.9 Å². The normalized spacial score (nSPS) is 12.9. The van der Waals surface area contributed by atoms with Crippen LogP contribution in [0.4, 0.5) is 10.5 Å². The van der Waals surface area contributed by atoms with Gasteiger partial charge in [0.2, 0.25) is 0 Å². The number of aliphatic hydroxyl groups is 1. The smallest absolute Gasteiger partial charge is 0.412 e. The van der Waals surface area contributed by atoms with Crippen molar-refractivity contribution < 1.29 is 19.7 Å². The first-order valence-corrected chi connectivity index (χ1v) is 6.17. The number of ether oxygens (including phenoxy) is 1. The Hall–Kier alpha value is -1.75. The number of carbonyl (C=O) groups is 1. The number of carbonyl (C=O) groups excluding carboxylic acids is 1. The fourth-order valence-corrected chi connectivity index (χ4v) is 1.55. The third kappa shape index (κ3) is 5.61. The number of hydrogen-bond donors (Lipinski definition) is 3. The molecule has 0 aromatic heterocycles. The number of aromatic hydroxyl groups is 1. The molecule has 0 heterocycles. The Morgan fingerprint density at radius 2 is 2.05 bits per heavy atom. The topological polar surface area (TPSA) is 78.8 Å². The number of rotatable bonds is 3. The Morgan fingerprint density at radius 1 is 1.42 bits per heavy atom. The summed E-state index contributed by atoms with van der Waals surface area (Å²) in [4.78, 5) is 11.5. The minimum atomic E-state index is -0.574. The molecule has 3 N–H and O–H groups in total. The van der Waals surface area contributed by atoms with Crippen molar-refractivity contribution in [3.8, 4) is 5.75 Å². The van der Waals surface area contributed by atoms with Gasteiger partial charge in [0.1, 0.15) is 11.4 Å². The summed E-state index contributed by atoms with van der Waals surface area (Å²) in [5.74, 6) is 0.0365. The van der Waals surface area contributed by atoms with Crippen LogP contribution in [0.3, 0.4) is 0 Å². The van der Waals surface area contributed by atoms with E-state index in [0.717, 1.165) is 0 Å². The molecular weight excluding hydrogens is 246 g/mol. The standard InChI is InChI=1S/C14H21NO4/c1-9(16)7-10-5-6-11(8-12(10)17)15-13(18)19-14(2,3)4/h5-6,8-9,16-17H,7H2,1-4H3,(H,15,18). The molecule has 1 amide bonds. The Bertz CT molecular complexity index is 449. The Labute approximate surface area is 113 Å². The van der Waals surface area contributed by atoms with Gasteiger partial charge in [-0.2, -0.15) is 0 Å². The number of phenolic OH excluding ortho intramolecular Hbond substituents is 1. The maximum absolute atomic E-state index is 11.5. The van der Waals surface area contributed by atoms with Crippen molar-refractivity contribution in [2.24, 2.45) is 0 Å². The largest absolute Gasteiger partial charge is 0.508 e. The zero-order valence-corrected chi connectivity index (χ0v) is 11.7. The van der Waals surface area contributed by atoms with Crippen molar-refractivity contribution in [3.63, 3.8) is 0 Å². The molecule has 0 aliphatic rings. The fraction of sp³-hybridized carbons (Fsp3) is 0.500. The van der Waals surface area contributed by atoms with Crippen LogP contribution in [0.1, 0.15) is 33.3 Å². The quantitative estimate of drug-likeness (QED) is 0.786. The van der Waals surface area contributed by atoms with Gasteiger partial charge in [0, 0.05) is 18.2 Å². The number of nitrogens with one attached hydrogen (secondary N) is 1. The molecular formula is C14H21NO4. The SMILES string of the molecule is CC(O)Cc1ccc(NC(=O)OC(C)(C)C)cc1O. The second-order valence-corrected chi connectivity index (χ2v) is 5.52. The van der Waals surface area contributed by atoms with Crippen LogP contribution in [0.2, 0.25) is 0 Å². The van der Waals surface area contributed by atoms with Crippen LogP contribution in [-0.4, -0.2) is 28.0 Å². The third-order valence-electron chi connectivity index (χ3n) is 2.25. The average molecular weight is 267 g/mol. The summed E-state index contributed by atoms with van der Waals surface area (Å²) >= 11 is 0. The van der Waals surface area contributed by atoms with E-state index in [2.05, 4.69) is 5.32 Å². The highest BCUT2D eigenvalue weighted by molar-refractivity contribution is 5.85. The van der Waals surface area contributed by atoms with Gasteiger partial charge in [-0.05, 0) is 39.3 Å². The number of hydrogen-bond acceptors (Lipinski definition) is 4. The van der Waals surface area contributed by atoms with E-state index in [1.54, 1.807) is 39.8 Å². The van der Waals surface area contributed by atoms with Gasteiger partial charge in [-0.1, -0.05) is 6.07 Å². The van der Waals surface area contributed by atoms with Crippen LogP contribution >= 0.6 is 0 Å². The van der Waals surface area contributed by atoms with E-state index in [-0.39, 0.29) is 5.75 Å². The first-order valence-electron chi connectivity index (χ1n) is 6.17. The minimum Gasteiger partial charge on any atom is -0.508 e. The minimum absolute atomic E-state index is 0.0365. The van der Waals surface area contributed by atoms with Crippen molar-refractivity contribution in [3.05, 3.63) is 23.8 Å². The molecule has 19 heavy (non-hydrogen) atoms. The van der Waals surface area contributed by atoms with Crippen LogP contribution in [0.25, 0.3) is 0 Å². The van der Waals surface area contributed by atoms with E-state index in [4.69, 9.17) is 4.74 Å². The van der Waals surface area contributed by atoms with Crippen molar-refractivity contribution in [1.29, 1.82) is 0 Å². The summed E-state index contributed by atoms with van der Waals surface area (Å²) < 4.78 is 5.10. The highest BCUT2D eigenvalue weighted by Crippen LogP contribution is 2.23. The number of aliphatic hydroxyl groups excluding tert-OH is 1. The van der Waals surface area contributed by atoms with Gasteiger partial charge in [-0.25, -0.2) is 4.79 Å². The number of phenols is 1. The zero-order valence-electron chi connectivity index (χ0n) is 11.7. The van der Waals surface area contributed by atoms with Crippen LogP contribution in [0, 0.1) is 0 Å². The van der Waals surface area contributed by atoms with E-state index in [0.29, 0.717) is 17.7 Å². The zero-order chi connectivity index (χ0) is 14.6. The maximum atomic E-state index is 11.5. The van der Waals surface area contributed by atoms with Gasteiger partial charge in [-0.15, -0.1) is 0 Å². The summed E-state index contributed by atoms with van der Waals surface area (Å²) in [6, 6.07) is 4.75. The molecule has 1 atom stereocenters. The molecule has 0 bridgehead atoms. The van der Waals surface area contributed by atoms with Gasteiger partial charge in [0.05, 0.1) is 6.10 Å². The van der Waals surface area contributed by atoms with Gasteiger partial charge in [0.15, 0.2) is 0 Å². The molecule has 5 heteroatoms. The monoisotopic (exact) mass is 267 g/mol. The summed E-state index contributed by atoms with van der Waals surface area (Å²) in [6.07, 6.45) is -0.746. The predicted molar refractivity (Wildman–Crippen MR) is 73.3 cm³/mol. The lowest BCUT2D eigenvalue weighted by Gasteiger charge is -2.19. The highest BCUT2D eigenvalue weighted by Gasteiger charge is 2.16. The second-order valence-electron chi connectivity index (χ2n) is 5.52. The van der Waals surface area contributed by atoms with Gasteiger partial charge in [0.25, 0.3) is 0 Å². The predicted octanol–water partition coefficient (Wildman–Crippen LogP) is 2.66. The molecule has 0 fully saturated rings. The maximum Gasteiger partial charge on any atom is 0.412 e. The summed E-state index contributed by atoms with van der Waals surface area (Å²) in [5.41, 5.74) is 0.504. The van der Waals surface area contributed by atoms with Crippen molar-refractivity contribution in [1.82, 2.24) is 0 Å². The molecule has 1 unspecified atom stereocenters. The van der Waals surface area contributed by atoms with Crippen molar-refractivity contribution in [2.45, 2.75) is 45.8 Å². The van der Waals surface area contributed by atoms with E-state index in [1.165, 1.54) is 6.07 Å². The molecule has 0 aliphatic heterocycles. The summed E-state index contributed by atoms with van der Waals surface area (Å²) in [7, 11) is 0. The van der Waals surface area contributed by atoms with Gasteiger partial charge >= 0.3 is 6.09 Å². The number of amides is 1. The molecule has 1 aromatic carbocycles. The number of anilines is 1. The first kappa shape index (κ1) is 15.3. The van der Waals surface area contributed by atoms with Crippen LogP contribution < -0.4 is 5.32 Å².